The zero-order chi connectivity index (χ0) is 16.0. The Hall–Kier alpha value is -1.95. The quantitative estimate of drug-likeness (QED) is 0.845. The molecular weight excluding hydrogens is 310 g/mol. The van der Waals surface area contributed by atoms with E-state index in [1.165, 1.54) is 16.1 Å². The number of fused-ring (bicyclic) bond motifs is 1. The molecule has 2 aliphatic heterocycles. The monoisotopic (exact) mass is 331 g/mol. The molecule has 122 valence electrons. The summed E-state index contributed by atoms with van der Waals surface area (Å²) in [5.41, 5.74) is 2.42. The van der Waals surface area contributed by atoms with Crippen molar-refractivity contribution in [2.24, 2.45) is 0 Å². The average Bonchev–Trinajstić information content (AvgIpc) is 3.14. The van der Waals surface area contributed by atoms with Gasteiger partial charge in [-0.1, -0.05) is 0 Å². The standard InChI is InChI=1S/C17H21N3O2S/c1-11-10-18-17(23-11)20-8-6-19(7-9-20)14-4-5-15-16(12(14)2)22-13(3)21-15/h4-5,10,13H,6-9H2,1-3H3. The molecule has 0 saturated carbocycles. The smallest absolute Gasteiger partial charge is 0.238 e. The van der Waals surface area contributed by atoms with Crippen LogP contribution in [0.5, 0.6) is 11.5 Å². The van der Waals surface area contributed by atoms with Crippen molar-refractivity contribution in [2.75, 3.05) is 36.0 Å². The molecule has 2 aromatic rings. The van der Waals surface area contributed by atoms with E-state index in [2.05, 4.69) is 34.7 Å². The molecule has 1 fully saturated rings. The molecular formula is C17H21N3O2S. The van der Waals surface area contributed by atoms with Crippen LogP contribution in [0, 0.1) is 13.8 Å². The number of hydrogen-bond acceptors (Lipinski definition) is 6. The second-order valence-corrected chi connectivity index (χ2v) is 7.28. The first-order valence-electron chi connectivity index (χ1n) is 8.01. The number of nitrogens with zero attached hydrogens (tertiary/aromatic N) is 3. The van der Waals surface area contributed by atoms with E-state index < -0.39 is 0 Å². The van der Waals surface area contributed by atoms with Crippen LogP contribution in [-0.2, 0) is 0 Å². The molecule has 4 rings (SSSR count). The highest BCUT2D eigenvalue weighted by Gasteiger charge is 2.27. The van der Waals surface area contributed by atoms with E-state index in [1.807, 2.05) is 19.2 Å². The molecule has 0 amide bonds. The van der Waals surface area contributed by atoms with Crippen LogP contribution in [0.25, 0.3) is 0 Å². The van der Waals surface area contributed by atoms with Crippen molar-refractivity contribution in [3.8, 4) is 11.5 Å². The fraction of sp³-hybridized carbons (Fsp3) is 0.471. The minimum Gasteiger partial charge on any atom is -0.451 e. The summed E-state index contributed by atoms with van der Waals surface area (Å²) in [6.07, 6.45) is 1.76. The van der Waals surface area contributed by atoms with Gasteiger partial charge < -0.3 is 19.3 Å². The summed E-state index contributed by atoms with van der Waals surface area (Å²) in [6.45, 7) is 10.1. The van der Waals surface area contributed by atoms with Crippen molar-refractivity contribution in [1.29, 1.82) is 0 Å². The Morgan fingerprint density at radius 3 is 2.52 bits per heavy atom. The largest absolute Gasteiger partial charge is 0.451 e. The Labute approximate surface area is 140 Å². The topological polar surface area (TPSA) is 37.8 Å². The first-order chi connectivity index (χ1) is 11.1. The summed E-state index contributed by atoms with van der Waals surface area (Å²) in [6, 6.07) is 4.18. The molecule has 3 heterocycles. The number of aromatic nitrogens is 1. The van der Waals surface area contributed by atoms with Gasteiger partial charge >= 0.3 is 0 Å². The number of hydrogen-bond donors (Lipinski definition) is 0. The van der Waals surface area contributed by atoms with Gasteiger partial charge in [0.1, 0.15) is 0 Å². The summed E-state index contributed by atoms with van der Waals surface area (Å²) >= 11 is 1.77. The summed E-state index contributed by atoms with van der Waals surface area (Å²) < 4.78 is 11.4. The van der Waals surface area contributed by atoms with Crippen LogP contribution in [0.15, 0.2) is 18.3 Å². The van der Waals surface area contributed by atoms with Crippen molar-refractivity contribution in [1.82, 2.24) is 4.98 Å². The van der Waals surface area contributed by atoms with Crippen LogP contribution in [0.1, 0.15) is 17.4 Å². The van der Waals surface area contributed by atoms with Gasteiger partial charge in [-0.15, -0.1) is 11.3 Å². The van der Waals surface area contributed by atoms with Crippen molar-refractivity contribution >= 4 is 22.2 Å². The Morgan fingerprint density at radius 1 is 1.09 bits per heavy atom. The molecule has 1 aromatic heterocycles. The van der Waals surface area contributed by atoms with Gasteiger partial charge in [-0.05, 0) is 26.0 Å². The fourth-order valence-corrected chi connectivity index (χ4v) is 4.05. The predicted octanol–water partition coefficient (Wildman–Crippen LogP) is 3.20. The third-order valence-corrected chi connectivity index (χ3v) is 5.39. The second-order valence-electron chi connectivity index (χ2n) is 6.07. The zero-order valence-electron chi connectivity index (χ0n) is 13.7. The van der Waals surface area contributed by atoms with Gasteiger partial charge in [0.15, 0.2) is 16.6 Å². The van der Waals surface area contributed by atoms with E-state index >= 15 is 0 Å². The highest BCUT2D eigenvalue weighted by atomic mass is 32.1. The van der Waals surface area contributed by atoms with E-state index in [9.17, 15) is 0 Å². The fourth-order valence-electron chi connectivity index (χ4n) is 3.23. The highest BCUT2D eigenvalue weighted by molar-refractivity contribution is 7.15. The first kappa shape index (κ1) is 14.6. The summed E-state index contributed by atoms with van der Waals surface area (Å²) in [5.74, 6) is 1.75. The maximum Gasteiger partial charge on any atom is 0.238 e. The molecule has 6 heteroatoms. The maximum atomic E-state index is 5.79. The van der Waals surface area contributed by atoms with Crippen molar-refractivity contribution in [3.63, 3.8) is 0 Å². The van der Waals surface area contributed by atoms with Gasteiger partial charge in [-0.2, -0.15) is 0 Å². The number of thiazole rings is 1. The van der Waals surface area contributed by atoms with Gasteiger partial charge in [0.05, 0.1) is 0 Å². The van der Waals surface area contributed by atoms with Crippen molar-refractivity contribution in [3.05, 3.63) is 28.8 Å². The molecule has 1 saturated heterocycles. The van der Waals surface area contributed by atoms with Gasteiger partial charge in [-0.25, -0.2) is 4.98 Å². The van der Waals surface area contributed by atoms with Gasteiger partial charge in [0.2, 0.25) is 6.29 Å². The van der Waals surface area contributed by atoms with E-state index in [0.29, 0.717) is 0 Å². The van der Waals surface area contributed by atoms with Crippen LogP contribution >= 0.6 is 11.3 Å². The minimum atomic E-state index is -0.191. The summed E-state index contributed by atoms with van der Waals surface area (Å²) in [4.78, 5) is 10.6. The van der Waals surface area contributed by atoms with E-state index in [0.717, 1.165) is 42.8 Å². The Bertz CT molecular complexity index is 723. The SMILES string of the molecule is Cc1cnc(N2CCN(c3ccc4c(c3C)OC(C)O4)CC2)s1. The van der Waals surface area contributed by atoms with E-state index in [-0.39, 0.29) is 6.29 Å². The zero-order valence-corrected chi connectivity index (χ0v) is 14.5. The molecule has 1 aromatic carbocycles. The molecule has 23 heavy (non-hydrogen) atoms. The number of aryl methyl sites for hydroxylation is 1. The molecule has 2 aliphatic rings. The Kier molecular flexibility index (Phi) is 3.56. The number of piperazine rings is 1. The molecule has 5 nitrogen and oxygen atoms in total. The maximum absolute atomic E-state index is 5.79. The number of benzene rings is 1. The first-order valence-corrected chi connectivity index (χ1v) is 8.83. The van der Waals surface area contributed by atoms with E-state index in [4.69, 9.17) is 9.47 Å². The van der Waals surface area contributed by atoms with Crippen LogP contribution in [0.4, 0.5) is 10.8 Å². The number of anilines is 2. The third kappa shape index (κ3) is 2.61. The lowest BCUT2D eigenvalue weighted by molar-refractivity contribution is 0.0675. The van der Waals surface area contributed by atoms with Crippen LogP contribution < -0.4 is 19.3 Å². The molecule has 0 bridgehead atoms. The van der Waals surface area contributed by atoms with Crippen molar-refractivity contribution in [2.45, 2.75) is 27.1 Å². The lowest BCUT2D eigenvalue weighted by Crippen LogP contribution is -2.46. The van der Waals surface area contributed by atoms with Crippen LogP contribution in [0.3, 0.4) is 0 Å². The third-order valence-electron chi connectivity index (χ3n) is 4.42. The molecule has 0 spiro atoms. The van der Waals surface area contributed by atoms with Gasteiger partial charge in [0.25, 0.3) is 0 Å². The minimum absolute atomic E-state index is 0.191. The van der Waals surface area contributed by atoms with Crippen LogP contribution in [0.2, 0.25) is 0 Å². The second kappa shape index (κ2) is 5.60. The Morgan fingerprint density at radius 2 is 1.83 bits per heavy atom. The van der Waals surface area contributed by atoms with Crippen LogP contribution in [-0.4, -0.2) is 37.5 Å². The lowest BCUT2D eigenvalue weighted by Gasteiger charge is -2.36. The molecule has 1 atom stereocenters. The van der Waals surface area contributed by atoms with Crippen molar-refractivity contribution < 1.29 is 9.47 Å². The molecule has 1 unspecified atom stereocenters. The summed E-state index contributed by atoms with van der Waals surface area (Å²) in [7, 11) is 0. The highest BCUT2D eigenvalue weighted by Crippen LogP contribution is 2.42. The molecule has 0 aliphatic carbocycles. The Balaban J connectivity index is 1.50. The number of rotatable bonds is 2. The lowest BCUT2D eigenvalue weighted by atomic mass is 10.1. The summed E-state index contributed by atoms with van der Waals surface area (Å²) in [5, 5.41) is 1.14. The molecule has 0 N–H and O–H groups in total. The normalized spacial score (nSPS) is 20.2. The van der Waals surface area contributed by atoms with Gasteiger partial charge in [0, 0.05) is 55.4 Å². The predicted molar refractivity (Wildman–Crippen MR) is 93.2 cm³/mol. The number of ether oxygens (including phenoxy) is 2. The van der Waals surface area contributed by atoms with Gasteiger partial charge in [-0.3, -0.25) is 0 Å². The molecule has 0 radical (unpaired) electrons. The average molecular weight is 331 g/mol. The van der Waals surface area contributed by atoms with E-state index in [1.54, 1.807) is 11.3 Å².